The minimum atomic E-state index is -4.49. The number of halogens is 3. The number of carbonyl (C=O) groups is 1. The van der Waals surface area contributed by atoms with E-state index in [0.29, 0.717) is 12.0 Å². The average molecular weight is 351 g/mol. The Labute approximate surface area is 141 Å². The summed E-state index contributed by atoms with van der Waals surface area (Å²) in [6.07, 6.45) is 0.112. The minimum Gasteiger partial charge on any atom is -0.325 e. The van der Waals surface area contributed by atoms with E-state index in [-0.39, 0.29) is 17.8 Å². The number of amides is 1. The van der Waals surface area contributed by atoms with E-state index in [1.165, 1.54) is 23.0 Å². The van der Waals surface area contributed by atoms with Gasteiger partial charge in [0.1, 0.15) is 6.54 Å². The molecule has 0 radical (unpaired) electrons. The summed E-state index contributed by atoms with van der Waals surface area (Å²) >= 11 is 0. The van der Waals surface area contributed by atoms with E-state index in [2.05, 4.69) is 10.3 Å². The molecule has 25 heavy (non-hydrogen) atoms. The molecule has 0 fully saturated rings. The van der Waals surface area contributed by atoms with Crippen LogP contribution in [0.5, 0.6) is 0 Å². The van der Waals surface area contributed by atoms with Gasteiger partial charge in [0.05, 0.1) is 17.6 Å². The molecule has 0 aliphatic heterocycles. The summed E-state index contributed by atoms with van der Waals surface area (Å²) in [7, 11) is 0. The zero-order valence-electron chi connectivity index (χ0n) is 13.3. The van der Waals surface area contributed by atoms with Crippen LogP contribution in [0.2, 0.25) is 0 Å². The van der Waals surface area contributed by atoms with E-state index >= 15 is 0 Å². The van der Waals surface area contributed by atoms with Crippen molar-refractivity contribution in [2.75, 3.05) is 5.32 Å². The molecule has 3 rings (SSSR count). The van der Waals surface area contributed by atoms with Crippen molar-refractivity contribution in [2.24, 2.45) is 0 Å². The van der Waals surface area contributed by atoms with Gasteiger partial charge in [0, 0.05) is 11.3 Å². The molecule has 1 aliphatic rings. The standard InChI is InChI=1S/C17H16F3N3O2/c18-17(19,20)11-4-3-5-12(8-11)22-15(24)9-23-10-21-14-7-2-1-6-13(14)16(23)25/h3-5,8,10H,1-2,6-7,9H2,(H,22,24). The normalized spacial score (nSPS) is 14.0. The molecule has 1 N–H and O–H groups in total. The first-order valence-electron chi connectivity index (χ1n) is 7.89. The lowest BCUT2D eigenvalue weighted by Crippen LogP contribution is -2.32. The molecule has 1 aromatic carbocycles. The zero-order valence-corrected chi connectivity index (χ0v) is 13.3. The van der Waals surface area contributed by atoms with Gasteiger partial charge in [-0.25, -0.2) is 4.98 Å². The van der Waals surface area contributed by atoms with Crippen molar-refractivity contribution in [3.63, 3.8) is 0 Å². The summed E-state index contributed by atoms with van der Waals surface area (Å²) in [5.74, 6) is -0.584. The van der Waals surface area contributed by atoms with E-state index < -0.39 is 17.6 Å². The Morgan fingerprint density at radius 3 is 2.76 bits per heavy atom. The number of anilines is 1. The van der Waals surface area contributed by atoms with Crippen LogP contribution in [-0.4, -0.2) is 15.5 Å². The first-order chi connectivity index (χ1) is 11.8. The number of fused-ring (bicyclic) bond motifs is 1. The molecular formula is C17H16F3N3O2. The van der Waals surface area contributed by atoms with Crippen LogP contribution in [0.25, 0.3) is 0 Å². The smallest absolute Gasteiger partial charge is 0.325 e. The van der Waals surface area contributed by atoms with Crippen LogP contribution in [0.15, 0.2) is 35.4 Å². The van der Waals surface area contributed by atoms with E-state index in [4.69, 9.17) is 0 Å². The van der Waals surface area contributed by atoms with Gasteiger partial charge in [0.2, 0.25) is 5.91 Å². The number of hydrogen-bond donors (Lipinski definition) is 1. The van der Waals surface area contributed by atoms with Gasteiger partial charge in [-0.3, -0.25) is 14.2 Å². The fourth-order valence-electron chi connectivity index (χ4n) is 2.87. The second kappa shape index (κ2) is 6.70. The Balaban J connectivity index is 1.74. The van der Waals surface area contributed by atoms with Crippen molar-refractivity contribution in [1.29, 1.82) is 0 Å². The predicted octanol–water partition coefficient (Wildman–Crippen LogP) is 2.78. The third kappa shape index (κ3) is 3.89. The van der Waals surface area contributed by atoms with Crippen LogP contribution in [0.1, 0.15) is 29.7 Å². The third-order valence-corrected chi connectivity index (χ3v) is 4.10. The Kier molecular flexibility index (Phi) is 4.61. The second-order valence-corrected chi connectivity index (χ2v) is 5.94. The molecule has 8 heteroatoms. The Morgan fingerprint density at radius 2 is 2.00 bits per heavy atom. The molecule has 2 aromatic rings. The molecule has 1 aliphatic carbocycles. The lowest BCUT2D eigenvalue weighted by molar-refractivity contribution is -0.137. The molecule has 0 saturated carbocycles. The molecule has 1 heterocycles. The van der Waals surface area contributed by atoms with Crippen molar-refractivity contribution in [2.45, 2.75) is 38.4 Å². The van der Waals surface area contributed by atoms with Crippen LogP contribution in [-0.2, 0) is 30.4 Å². The number of aryl methyl sites for hydroxylation is 1. The molecule has 0 spiro atoms. The SMILES string of the molecule is O=C(Cn1cnc2c(c1=O)CCCC2)Nc1cccc(C(F)(F)F)c1. The topological polar surface area (TPSA) is 64.0 Å². The molecule has 1 amide bonds. The number of nitrogens with one attached hydrogen (secondary N) is 1. The fourth-order valence-corrected chi connectivity index (χ4v) is 2.87. The Morgan fingerprint density at radius 1 is 1.24 bits per heavy atom. The van der Waals surface area contributed by atoms with Crippen LogP contribution in [0.3, 0.4) is 0 Å². The van der Waals surface area contributed by atoms with Gasteiger partial charge >= 0.3 is 6.18 Å². The Bertz CT molecular complexity index is 859. The summed E-state index contributed by atoms with van der Waals surface area (Å²) < 4.78 is 39.3. The number of benzene rings is 1. The minimum absolute atomic E-state index is 0.0267. The highest BCUT2D eigenvalue weighted by atomic mass is 19.4. The number of alkyl halides is 3. The largest absolute Gasteiger partial charge is 0.416 e. The summed E-state index contributed by atoms with van der Waals surface area (Å²) in [5, 5.41) is 2.38. The third-order valence-electron chi connectivity index (χ3n) is 4.10. The number of rotatable bonds is 3. The van der Waals surface area contributed by atoms with E-state index in [9.17, 15) is 22.8 Å². The van der Waals surface area contributed by atoms with Crippen LogP contribution >= 0.6 is 0 Å². The summed E-state index contributed by atoms with van der Waals surface area (Å²) in [5.41, 5.74) is 0.312. The van der Waals surface area contributed by atoms with Gasteiger partial charge in [-0.1, -0.05) is 6.07 Å². The highest BCUT2D eigenvalue weighted by molar-refractivity contribution is 5.90. The first kappa shape index (κ1) is 17.2. The van der Waals surface area contributed by atoms with Gasteiger partial charge < -0.3 is 5.32 Å². The molecule has 5 nitrogen and oxygen atoms in total. The molecule has 0 atom stereocenters. The van der Waals surface area contributed by atoms with E-state index in [1.54, 1.807) is 0 Å². The maximum atomic E-state index is 12.7. The van der Waals surface area contributed by atoms with Crippen molar-refractivity contribution >= 4 is 11.6 Å². The molecule has 0 saturated heterocycles. The number of carbonyl (C=O) groups excluding carboxylic acids is 1. The summed E-state index contributed by atoms with van der Waals surface area (Å²) in [6, 6.07) is 4.35. The van der Waals surface area contributed by atoms with Gasteiger partial charge in [0.15, 0.2) is 0 Å². The number of nitrogens with zero attached hydrogens (tertiary/aromatic N) is 2. The van der Waals surface area contributed by atoms with Gasteiger partial charge in [-0.2, -0.15) is 13.2 Å². The highest BCUT2D eigenvalue weighted by Gasteiger charge is 2.30. The van der Waals surface area contributed by atoms with Gasteiger partial charge in [0.25, 0.3) is 5.56 Å². The van der Waals surface area contributed by atoms with Crippen LogP contribution in [0, 0.1) is 0 Å². The monoisotopic (exact) mass is 351 g/mol. The van der Waals surface area contributed by atoms with E-state index in [1.807, 2.05) is 0 Å². The molecule has 132 valence electrons. The van der Waals surface area contributed by atoms with Crippen LogP contribution in [0.4, 0.5) is 18.9 Å². The molecule has 1 aromatic heterocycles. The fraction of sp³-hybridized carbons (Fsp3) is 0.353. The summed E-state index contributed by atoms with van der Waals surface area (Å²) in [6.45, 7) is -0.296. The van der Waals surface area contributed by atoms with Crippen molar-refractivity contribution in [1.82, 2.24) is 9.55 Å². The maximum absolute atomic E-state index is 12.7. The molecular weight excluding hydrogens is 335 g/mol. The summed E-state index contributed by atoms with van der Waals surface area (Å²) in [4.78, 5) is 28.7. The lowest BCUT2D eigenvalue weighted by Gasteiger charge is -2.15. The quantitative estimate of drug-likeness (QED) is 0.925. The predicted molar refractivity (Wildman–Crippen MR) is 85.2 cm³/mol. The lowest BCUT2D eigenvalue weighted by atomic mass is 9.97. The van der Waals surface area contributed by atoms with Gasteiger partial charge in [-0.05, 0) is 43.9 Å². The Hall–Kier alpha value is -2.64. The number of hydrogen-bond acceptors (Lipinski definition) is 3. The first-order valence-corrected chi connectivity index (χ1v) is 7.89. The van der Waals surface area contributed by atoms with Crippen molar-refractivity contribution < 1.29 is 18.0 Å². The van der Waals surface area contributed by atoms with Crippen molar-refractivity contribution in [3.05, 3.63) is 57.8 Å². The highest BCUT2D eigenvalue weighted by Crippen LogP contribution is 2.30. The maximum Gasteiger partial charge on any atom is 0.416 e. The van der Waals surface area contributed by atoms with Crippen molar-refractivity contribution in [3.8, 4) is 0 Å². The molecule has 0 bridgehead atoms. The van der Waals surface area contributed by atoms with Crippen LogP contribution < -0.4 is 10.9 Å². The average Bonchev–Trinajstić information content (AvgIpc) is 2.57. The van der Waals surface area contributed by atoms with E-state index in [0.717, 1.165) is 37.1 Å². The van der Waals surface area contributed by atoms with Gasteiger partial charge in [-0.15, -0.1) is 0 Å². The second-order valence-electron chi connectivity index (χ2n) is 5.94. The zero-order chi connectivity index (χ0) is 18.0. The molecule has 0 unspecified atom stereocenters. The number of aromatic nitrogens is 2.